The number of hydrogen-bond donors (Lipinski definition) is 2. The third-order valence-corrected chi connectivity index (χ3v) is 3.86. The van der Waals surface area contributed by atoms with E-state index in [0.29, 0.717) is 11.6 Å². The van der Waals surface area contributed by atoms with Crippen LogP contribution in [0, 0.1) is 0 Å². The Morgan fingerprint density at radius 1 is 1.50 bits per heavy atom. The van der Waals surface area contributed by atoms with Gasteiger partial charge >= 0.3 is 5.97 Å². The molecule has 0 fully saturated rings. The number of nitrogens with zero attached hydrogens (tertiary/aromatic N) is 1. The van der Waals surface area contributed by atoms with Crippen LogP contribution in [0.4, 0.5) is 0 Å². The molecule has 0 aliphatic carbocycles. The minimum absolute atomic E-state index is 0.425. The van der Waals surface area contributed by atoms with Crippen LogP contribution in [0.5, 0.6) is 0 Å². The van der Waals surface area contributed by atoms with E-state index in [0.717, 1.165) is 23.9 Å². The molecule has 0 radical (unpaired) electrons. The van der Waals surface area contributed by atoms with Gasteiger partial charge in [0.1, 0.15) is 5.25 Å². The number of hydrogen-bond acceptors (Lipinski definition) is 3. The van der Waals surface area contributed by atoms with Gasteiger partial charge in [-0.1, -0.05) is 43.7 Å². The first-order valence-electron chi connectivity index (χ1n) is 6.05. The van der Waals surface area contributed by atoms with Gasteiger partial charge in [0, 0.05) is 0 Å². The first-order chi connectivity index (χ1) is 8.70. The number of rotatable bonds is 6. The maximum absolute atomic E-state index is 11.2. The minimum atomic E-state index is -0.770. The van der Waals surface area contributed by atoms with Crippen molar-refractivity contribution in [1.82, 2.24) is 9.97 Å². The van der Waals surface area contributed by atoms with Gasteiger partial charge in [0.15, 0.2) is 5.16 Å². The average molecular weight is 264 g/mol. The van der Waals surface area contributed by atoms with Crippen LogP contribution in [0.3, 0.4) is 0 Å². The average Bonchev–Trinajstić information content (AvgIpc) is 2.76. The lowest BCUT2D eigenvalue weighted by Crippen LogP contribution is -2.16. The summed E-state index contributed by atoms with van der Waals surface area (Å²) < 4.78 is 0. The molecule has 2 rings (SSSR count). The zero-order valence-electron chi connectivity index (χ0n) is 10.2. The quantitative estimate of drug-likeness (QED) is 0.786. The van der Waals surface area contributed by atoms with Crippen molar-refractivity contribution in [3.8, 4) is 0 Å². The highest BCUT2D eigenvalue weighted by molar-refractivity contribution is 8.00. The van der Waals surface area contributed by atoms with Crippen molar-refractivity contribution in [2.24, 2.45) is 0 Å². The van der Waals surface area contributed by atoms with Gasteiger partial charge in [-0.3, -0.25) is 4.79 Å². The Balaban J connectivity index is 2.12. The summed E-state index contributed by atoms with van der Waals surface area (Å²) in [6.07, 6.45) is 2.60. The summed E-state index contributed by atoms with van der Waals surface area (Å²) in [6, 6.07) is 7.70. The molecule has 0 saturated heterocycles. The van der Waals surface area contributed by atoms with Gasteiger partial charge in [0.05, 0.1) is 11.0 Å². The number of aliphatic carboxylic acids is 1. The van der Waals surface area contributed by atoms with Gasteiger partial charge in [-0.15, -0.1) is 0 Å². The summed E-state index contributed by atoms with van der Waals surface area (Å²) in [5.41, 5.74) is 1.82. The van der Waals surface area contributed by atoms with Gasteiger partial charge in [0.2, 0.25) is 0 Å². The molecule has 1 atom stereocenters. The number of carbonyl (C=O) groups is 1. The van der Waals surface area contributed by atoms with E-state index in [1.807, 2.05) is 24.3 Å². The third kappa shape index (κ3) is 3.04. The molecular weight excluding hydrogens is 248 g/mol. The molecule has 0 aliphatic heterocycles. The van der Waals surface area contributed by atoms with Crippen LogP contribution in [0.25, 0.3) is 11.0 Å². The Morgan fingerprint density at radius 2 is 2.28 bits per heavy atom. The van der Waals surface area contributed by atoms with Crippen molar-refractivity contribution in [1.29, 1.82) is 0 Å². The SMILES string of the molecule is CCCCC(Sc1nc2ccccc2[nH]1)C(=O)O. The van der Waals surface area contributed by atoms with E-state index in [9.17, 15) is 9.90 Å². The van der Waals surface area contributed by atoms with Gasteiger partial charge < -0.3 is 10.1 Å². The highest BCUT2D eigenvalue weighted by atomic mass is 32.2. The first-order valence-corrected chi connectivity index (χ1v) is 6.93. The van der Waals surface area contributed by atoms with Crippen molar-refractivity contribution in [2.45, 2.75) is 36.6 Å². The van der Waals surface area contributed by atoms with Crippen molar-refractivity contribution in [3.63, 3.8) is 0 Å². The lowest BCUT2D eigenvalue weighted by Gasteiger charge is -2.08. The molecule has 0 saturated carbocycles. The number of carboxylic acids is 1. The second-order valence-electron chi connectivity index (χ2n) is 4.15. The maximum atomic E-state index is 11.2. The Kier molecular flexibility index (Phi) is 4.25. The van der Waals surface area contributed by atoms with E-state index in [2.05, 4.69) is 16.9 Å². The molecule has 1 aromatic carbocycles. The van der Waals surface area contributed by atoms with E-state index >= 15 is 0 Å². The van der Waals surface area contributed by atoms with Crippen LogP contribution < -0.4 is 0 Å². The second kappa shape index (κ2) is 5.91. The summed E-state index contributed by atoms with van der Waals surface area (Å²) in [4.78, 5) is 18.7. The minimum Gasteiger partial charge on any atom is -0.480 e. The molecule has 1 heterocycles. The van der Waals surface area contributed by atoms with E-state index < -0.39 is 11.2 Å². The van der Waals surface area contributed by atoms with Gasteiger partial charge in [0.25, 0.3) is 0 Å². The van der Waals surface area contributed by atoms with Gasteiger partial charge in [-0.05, 0) is 18.6 Å². The monoisotopic (exact) mass is 264 g/mol. The van der Waals surface area contributed by atoms with Crippen LogP contribution in [0.15, 0.2) is 29.4 Å². The second-order valence-corrected chi connectivity index (χ2v) is 5.34. The highest BCUT2D eigenvalue weighted by Gasteiger charge is 2.19. The normalized spacial score (nSPS) is 12.7. The highest BCUT2D eigenvalue weighted by Crippen LogP contribution is 2.26. The number of fused-ring (bicyclic) bond motifs is 1. The predicted molar refractivity (Wildman–Crippen MR) is 72.9 cm³/mol. The van der Waals surface area contributed by atoms with Crippen LogP contribution in [0.2, 0.25) is 0 Å². The first kappa shape index (κ1) is 13.0. The molecule has 0 spiro atoms. The van der Waals surface area contributed by atoms with Crippen molar-refractivity contribution < 1.29 is 9.90 Å². The summed E-state index contributed by atoms with van der Waals surface area (Å²) in [5, 5.41) is 9.43. The molecule has 4 nitrogen and oxygen atoms in total. The summed E-state index contributed by atoms with van der Waals surface area (Å²) >= 11 is 1.30. The fourth-order valence-corrected chi connectivity index (χ4v) is 2.72. The molecule has 5 heteroatoms. The zero-order valence-corrected chi connectivity index (χ0v) is 11.0. The molecule has 2 N–H and O–H groups in total. The number of nitrogens with one attached hydrogen (secondary N) is 1. The lowest BCUT2D eigenvalue weighted by atomic mass is 10.2. The van der Waals surface area contributed by atoms with E-state index in [4.69, 9.17) is 0 Å². The van der Waals surface area contributed by atoms with E-state index in [1.165, 1.54) is 11.8 Å². The number of unbranched alkanes of at least 4 members (excludes halogenated alkanes) is 1. The molecule has 96 valence electrons. The fraction of sp³-hybridized carbons (Fsp3) is 0.385. The Hall–Kier alpha value is -1.49. The largest absolute Gasteiger partial charge is 0.480 e. The Bertz CT molecular complexity index is 506. The third-order valence-electron chi connectivity index (χ3n) is 2.72. The Morgan fingerprint density at radius 3 is 2.94 bits per heavy atom. The van der Waals surface area contributed by atoms with Crippen molar-refractivity contribution in [3.05, 3.63) is 24.3 Å². The molecule has 2 aromatic rings. The van der Waals surface area contributed by atoms with Crippen LogP contribution >= 0.6 is 11.8 Å². The lowest BCUT2D eigenvalue weighted by molar-refractivity contribution is -0.136. The topological polar surface area (TPSA) is 66.0 Å². The number of aromatic nitrogens is 2. The molecule has 1 unspecified atom stereocenters. The number of carboxylic acid groups (broad SMARTS) is 1. The van der Waals surface area contributed by atoms with Crippen molar-refractivity contribution >= 4 is 28.8 Å². The smallest absolute Gasteiger partial charge is 0.317 e. The number of aromatic amines is 1. The van der Waals surface area contributed by atoms with Gasteiger partial charge in [-0.2, -0.15) is 0 Å². The molecule has 0 bridgehead atoms. The zero-order chi connectivity index (χ0) is 13.0. The Labute approximate surface area is 110 Å². The number of H-pyrrole nitrogens is 1. The molecular formula is C13H16N2O2S. The molecule has 18 heavy (non-hydrogen) atoms. The van der Waals surface area contributed by atoms with Crippen LogP contribution in [0.1, 0.15) is 26.2 Å². The summed E-state index contributed by atoms with van der Waals surface area (Å²) in [6.45, 7) is 2.06. The maximum Gasteiger partial charge on any atom is 0.317 e. The van der Waals surface area contributed by atoms with E-state index in [1.54, 1.807) is 0 Å². The number of benzene rings is 1. The number of thioether (sulfide) groups is 1. The summed E-state index contributed by atoms with van der Waals surface area (Å²) in [7, 11) is 0. The summed E-state index contributed by atoms with van der Waals surface area (Å²) in [5.74, 6) is -0.770. The predicted octanol–water partition coefficient (Wildman–Crippen LogP) is 3.30. The molecule has 1 aromatic heterocycles. The van der Waals surface area contributed by atoms with Crippen molar-refractivity contribution in [2.75, 3.05) is 0 Å². The van der Waals surface area contributed by atoms with Gasteiger partial charge in [-0.25, -0.2) is 4.98 Å². The van der Waals surface area contributed by atoms with Crippen LogP contribution in [-0.2, 0) is 4.79 Å². The van der Waals surface area contributed by atoms with E-state index in [-0.39, 0.29) is 0 Å². The number of imidazole rings is 1. The molecule has 0 aliphatic rings. The number of para-hydroxylation sites is 2. The standard InChI is InChI=1S/C13H16N2O2S/c1-2-3-8-11(12(16)17)18-13-14-9-6-4-5-7-10(9)15-13/h4-7,11H,2-3,8H2,1H3,(H,14,15)(H,16,17). The molecule has 0 amide bonds. The van der Waals surface area contributed by atoms with Crippen LogP contribution in [-0.4, -0.2) is 26.3 Å². The fourth-order valence-electron chi connectivity index (χ4n) is 1.74.